The molecule has 2 aromatic heterocycles. The maximum Gasteiger partial charge on any atom is 0.144 e. The molecule has 27 heavy (non-hydrogen) atoms. The summed E-state index contributed by atoms with van der Waals surface area (Å²) in [6.45, 7) is 4.45. The summed E-state index contributed by atoms with van der Waals surface area (Å²) < 4.78 is 15.3. The third-order valence-electron chi connectivity index (χ3n) is 6.08. The van der Waals surface area contributed by atoms with E-state index in [1.165, 1.54) is 12.1 Å². The van der Waals surface area contributed by atoms with Gasteiger partial charge in [0.15, 0.2) is 0 Å². The largest absolute Gasteiger partial charge is 0.350 e. The monoisotopic (exact) mass is 363 g/mol. The number of halogens is 1. The van der Waals surface area contributed by atoms with Gasteiger partial charge in [0, 0.05) is 55.4 Å². The Morgan fingerprint density at radius 1 is 1.00 bits per heavy atom. The lowest BCUT2D eigenvalue weighted by atomic mass is 10.0. The van der Waals surface area contributed by atoms with Crippen LogP contribution in [0, 0.1) is 11.7 Å². The van der Waals surface area contributed by atoms with Crippen molar-refractivity contribution >= 4 is 5.82 Å². The number of piperazine rings is 1. The van der Waals surface area contributed by atoms with Crippen LogP contribution in [0.1, 0.15) is 6.92 Å². The molecule has 0 saturated carbocycles. The molecule has 1 aromatic carbocycles. The highest BCUT2D eigenvalue weighted by atomic mass is 19.1. The van der Waals surface area contributed by atoms with Crippen molar-refractivity contribution in [1.29, 1.82) is 0 Å². The summed E-state index contributed by atoms with van der Waals surface area (Å²) in [7, 11) is 2.21. The fourth-order valence-electron chi connectivity index (χ4n) is 4.58. The molecule has 0 amide bonds. The molecular formula is C21H22FN5. The van der Waals surface area contributed by atoms with Gasteiger partial charge in [0.05, 0.1) is 5.69 Å². The lowest BCUT2D eigenvalue weighted by Crippen LogP contribution is -2.44. The van der Waals surface area contributed by atoms with Gasteiger partial charge in [0.1, 0.15) is 17.5 Å². The zero-order valence-electron chi connectivity index (χ0n) is 15.5. The van der Waals surface area contributed by atoms with Crippen LogP contribution in [0.15, 0.2) is 55.0 Å². The Labute approximate surface area is 158 Å². The lowest BCUT2D eigenvalue weighted by Gasteiger charge is -2.32. The van der Waals surface area contributed by atoms with Crippen molar-refractivity contribution in [3.05, 3.63) is 60.8 Å². The smallest absolute Gasteiger partial charge is 0.144 e. The van der Waals surface area contributed by atoms with Gasteiger partial charge in [-0.05, 0) is 43.3 Å². The number of aromatic nitrogens is 3. The van der Waals surface area contributed by atoms with Crippen LogP contribution in [0.25, 0.3) is 17.1 Å². The number of anilines is 1. The third kappa shape index (κ3) is 2.63. The maximum atomic E-state index is 13.3. The zero-order valence-corrected chi connectivity index (χ0v) is 15.5. The Morgan fingerprint density at radius 3 is 2.52 bits per heavy atom. The second-order valence-electron chi connectivity index (χ2n) is 7.59. The molecule has 5 rings (SSSR count). The minimum absolute atomic E-state index is 0.244. The quantitative estimate of drug-likeness (QED) is 0.716. The Balaban J connectivity index is 1.49. The summed E-state index contributed by atoms with van der Waals surface area (Å²) in [5, 5.41) is 0. The van der Waals surface area contributed by atoms with Gasteiger partial charge >= 0.3 is 0 Å². The first kappa shape index (κ1) is 16.4. The van der Waals surface area contributed by atoms with E-state index < -0.39 is 0 Å². The summed E-state index contributed by atoms with van der Waals surface area (Å²) >= 11 is 0. The van der Waals surface area contributed by atoms with Gasteiger partial charge in [-0.25, -0.2) is 14.4 Å². The van der Waals surface area contributed by atoms with Crippen LogP contribution in [0.5, 0.6) is 0 Å². The topological polar surface area (TPSA) is 37.2 Å². The molecule has 2 aliphatic heterocycles. The first-order valence-corrected chi connectivity index (χ1v) is 9.34. The van der Waals surface area contributed by atoms with Crippen molar-refractivity contribution in [3.63, 3.8) is 0 Å². The van der Waals surface area contributed by atoms with Gasteiger partial charge in [-0.2, -0.15) is 0 Å². The number of hydrogen-bond donors (Lipinski definition) is 0. The van der Waals surface area contributed by atoms with E-state index in [9.17, 15) is 4.39 Å². The molecule has 3 atom stereocenters. The first-order valence-electron chi connectivity index (χ1n) is 9.34. The Hall–Kier alpha value is -2.73. The van der Waals surface area contributed by atoms with E-state index in [4.69, 9.17) is 0 Å². The minimum atomic E-state index is -0.244. The van der Waals surface area contributed by atoms with Crippen molar-refractivity contribution in [3.8, 4) is 17.1 Å². The van der Waals surface area contributed by atoms with Crippen molar-refractivity contribution in [2.24, 2.45) is 5.92 Å². The second kappa shape index (κ2) is 6.16. The summed E-state index contributed by atoms with van der Waals surface area (Å²) in [5.74, 6) is 2.22. The van der Waals surface area contributed by atoms with Gasteiger partial charge in [0.2, 0.25) is 0 Å². The molecule has 0 aliphatic carbocycles. The van der Waals surface area contributed by atoms with Crippen LogP contribution in [0.4, 0.5) is 10.2 Å². The number of rotatable bonds is 3. The van der Waals surface area contributed by atoms with E-state index in [2.05, 4.69) is 39.8 Å². The molecule has 2 aliphatic rings. The number of hydrogen-bond acceptors (Lipinski definition) is 4. The lowest BCUT2D eigenvalue weighted by molar-refractivity contribution is 0.279. The molecule has 0 spiro atoms. The summed E-state index contributed by atoms with van der Waals surface area (Å²) in [6.07, 6.45) is 5.57. The summed E-state index contributed by atoms with van der Waals surface area (Å²) in [6, 6.07) is 11.7. The van der Waals surface area contributed by atoms with E-state index in [-0.39, 0.29) is 5.82 Å². The molecule has 5 nitrogen and oxygen atoms in total. The van der Waals surface area contributed by atoms with Gasteiger partial charge in [-0.1, -0.05) is 6.92 Å². The first-order chi connectivity index (χ1) is 13.1. The number of benzene rings is 1. The number of likely N-dealkylation sites (tertiary alicyclic amines) is 1. The molecule has 1 unspecified atom stereocenters. The van der Waals surface area contributed by atoms with E-state index in [0.29, 0.717) is 18.0 Å². The standard InChI is InChI=1S/C21H22FN5/c1-14-18-13-27(19(14)12-25(18)2)20-11-17(7-8-23-20)26-10-9-24-21(26)15-3-5-16(22)6-4-15/h3-11,14,18-19H,12-13H2,1-2H3/t14?,18-,19-/m1/s1. The summed E-state index contributed by atoms with van der Waals surface area (Å²) in [4.78, 5) is 14.0. The molecule has 0 radical (unpaired) electrons. The Bertz CT molecular complexity index is 967. The van der Waals surface area contributed by atoms with Crippen molar-refractivity contribution < 1.29 is 4.39 Å². The predicted octanol–water partition coefficient (Wildman–Crippen LogP) is 3.21. The van der Waals surface area contributed by atoms with Crippen LogP contribution in [0.2, 0.25) is 0 Å². The van der Waals surface area contributed by atoms with E-state index in [0.717, 1.165) is 36.0 Å². The number of nitrogens with zero attached hydrogens (tertiary/aromatic N) is 5. The van der Waals surface area contributed by atoms with Gasteiger partial charge < -0.3 is 4.90 Å². The van der Waals surface area contributed by atoms with E-state index in [1.54, 1.807) is 18.3 Å². The van der Waals surface area contributed by atoms with Crippen LogP contribution >= 0.6 is 0 Å². The van der Waals surface area contributed by atoms with Crippen LogP contribution in [0.3, 0.4) is 0 Å². The average molecular weight is 363 g/mol. The highest BCUT2D eigenvalue weighted by Gasteiger charge is 2.47. The average Bonchev–Trinajstić information content (AvgIpc) is 3.36. The van der Waals surface area contributed by atoms with Crippen molar-refractivity contribution in [2.45, 2.75) is 19.0 Å². The Morgan fingerprint density at radius 2 is 1.81 bits per heavy atom. The molecular weight excluding hydrogens is 341 g/mol. The van der Waals surface area contributed by atoms with Gasteiger partial charge in [-0.3, -0.25) is 9.47 Å². The number of imidazole rings is 1. The van der Waals surface area contributed by atoms with Gasteiger partial charge in [0.25, 0.3) is 0 Å². The zero-order chi connectivity index (χ0) is 18.5. The van der Waals surface area contributed by atoms with Crippen LogP contribution in [-0.2, 0) is 0 Å². The Kier molecular flexibility index (Phi) is 3.75. The molecule has 4 heterocycles. The minimum Gasteiger partial charge on any atom is -0.350 e. The number of fused-ring (bicyclic) bond motifs is 2. The van der Waals surface area contributed by atoms with Crippen LogP contribution < -0.4 is 4.90 Å². The predicted molar refractivity (Wildman–Crippen MR) is 103 cm³/mol. The molecule has 6 heteroatoms. The van der Waals surface area contributed by atoms with E-state index in [1.807, 2.05) is 23.0 Å². The fourth-order valence-corrected chi connectivity index (χ4v) is 4.58. The number of likely N-dealkylation sites (N-methyl/N-ethyl adjacent to an activating group) is 1. The van der Waals surface area contributed by atoms with E-state index >= 15 is 0 Å². The summed E-state index contributed by atoms with van der Waals surface area (Å²) in [5.41, 5.74) is 1.90. The van der Waals surface area contributed by atoms with Crippen molar-refractivity contribution in [2.75, 3.05) is 25.0 Å². The SMILES string of the molecule is CC1[C@H]2CN(c3cc(-n4ccnc4-c4ccc(F)cc4)ccn3)[C@@H]1CN2C. The molecule has 0 N–H and O–H groups in total. The van der Waals surface area contributed by atoms with Crippen LogP contribution in [-0.4, -0.2) is 51.7 Å². The normalized spacial score (nSPS) is 24.7. The fraction of sp³-hybridized carbons (Fsp3) is 0.333. The molecule has 138 valence electrons. The molecule has 2 bridgehead atoms. The van der Waals surface area contributed by atoms with Gasteiger partial charge in [-0.15, -0.1) is 0 Å². The highest BCUT2D eigenvalue weighted by molar-refractivity contribution is 5.60. The third-order valence-corrected chi connectivity index (χ3v) is 6.08. The highest BCUT2D eigenvalue weighted by Crippen LogP contribution is 2.37. The maximum absolute atomic E-state index is 13.3. The second-order valence-corrected chi connectivity index (χ2v) is 7.59. The van der Waals surface area contributed by atoms with Crippen molar-refractivity contribution in [1.82, 2.24) is 19.4 Å². The number of pyridine rings is 1. The molecule has 3 aromatic rings. The molecule has 2 fully saturated rings. The molecule has 2 saturated heterocycles.